The number of nitrogens with zero attached hydrogens (tertiary/aromatic N) is 2. The zero-order valence-electron chi connectivity index (χ0n) is 8.88. The van der Waals surface area contributed by atoms with Gasteiger partial charge in [0.2, 0.25) is 0 Å². The van der Waals surface area contributed by atoms with Gasteiger partial charge in [-0.15, -0.1) is 0 Å². The molecule has 0 unspecified atom stereocenters. The van der Waals surface area contributed by atoms with Crippen molar-refractivity contribution in [1.29, 1.82) is 0 Å². The molecular weight excluding hydrogens is 160 g/mol. The summed E-state index contributed by atoms with van der Waals surface area (Å²) in [5.74, 6) is 1.53. The Morgan fingerprint density at radius 3 is 2.85 bits per heavy atom. The second kappa shape index (κ2) is 3.17. The molecular formula is C11H19N2+. The summed E-state index contributed by atoms with van der Waals surface area (Å²) < 4.78 is 4.90. The van der Waals surface area contributed by atoms with E-state index in [9.17, 15) is 0 Å². The van der Waals surface area contributed by atoms with E-state index in [2.05, 4.69) is 36.1 Å². The van der Waals surface area contributed by atoms with Crippen LogP contribution in [0.2, 0.25) is 0 Å². The highest BCUT2D eigenvalue weighted by atomic mass is 15.2. The van der Waals surface area contributed by atoms with Crippen LogP contribution < -0.4 is 4.57 Å². The minimum Gasteiger partial charge on any atom is -0.232 e. The van der Waals surface area contributed by atoms with Gasteiger partial charge < -0.3 is 0 Å². The number of hydrogen-bond donors (Lipinski definition) is 0. The maximum atomic E-state index is 2.48. The fourth-order valence-corrected chi connectivity index (χ4v) is 2.26. The fraction of sp³-hybridized carbons (Fsp3) is 0.727. The third-order valence-corrected chi connectivity index (χ3v) is 2.95. The van der Waals surface area contributed by atoms with Gasteiger partial charge in [0.1, 0.15) is 11.9 Å². The predicted octanol–water partition coefficient (Wildman–Crippen LogP) is 2.00. The monoisotopic (exact) mass is 179 g/mol. The van der Waals surface area contributed by atoms with Crippen molar-refractivity contribution in [3.8, 4) is 0 Å². The van der Waals surface area contributed by atoms with Crippen molar-refractivity contribution in [2.45, 2.75) is 52.6 Å². The minimum absolute atomic E-state index is 0.605. The number of aromatic nitrogens is 2. The van der Waals surface area contributed by atoms with Gasteiger partial charge in [-0.1, -0.05) is 0 Å². The standard InChI is InChI=1S/C11H19N2/c1-9(2)13-8-10(3)12-7-5-4-6-11(12)13/h8-9H,4-7H2,1-3H3/q+1. The van der Waals surface area contributed by atoms with Gasteiger partial charge in [0, 0.05) is 13.3 Å². The van der Waals surface area contributed by atoms with Gasteiger partial charge in [0.25, 0.3) is 5.82 Å². The Labute approximate surface area is 80.2 Å². The molecule has 0 saturated heterocycles. The van der Waals surface area contributed by atoms with Gasteiger partial charge in [-0.3, -0.25) is 0 Å². The van der Waals surface area contributed by atoms with Crippen molar-refractivity contribution in [3.05, 3.63) is 17.7 Å². The Bertz CT molecular complexity index is 310. The van der Waals surface area contributed by atoms with Crippen molar-refractivity contribution in [3.63, 3.8) is 0 Å². The topological polar surface area (TPSA) is 8.81 Å². The summed E-state index contributed by atoms with van der Waals surface area (Å²) in [6, 6.07) is 0.605. The Balaban J connectivity index is 2.47. The van der Waals surface area contributed by atoms with Crippen LogP contribution in [0.3, 0.4) is 0 Å². The molecule has 1 aliphatic heterocycles. The first-order valence-electron chi connectivity index (χ1n) is 5.30. The summed E-state index contributed by atoms with van der Waals surface area (Å²) in [6.45, 7) is 7.96. The maximum Gasteiger partial charge on any atom is 0.256 e. The lowest BCUT2D eigenvalue weighted by Gasteiger charge is -2.11. The first-order valence-corrected chi connectivity index (χ1v) is 5.30. The van der Waals surface area contributed by atoms with E-state index >= 15 is 0 Å². The van der Waals surface area contributed by atoms with Crippen molar-refractivity contribution < 1.29 is 4.57 Å². The number of fused-ring (bicyclic) bond motifs is 1. The van der Waals surface area contributed by atoms with Crippen LogP contribution >= 0.6 is 0 Å². The molecule has 0 N–H and O–H groups in total. The van der Waals surface area contributed by atoms with Gasteiger partial charge in [0.05, 0.1) is 12.6 Å². The summed E-state index contributed by atoms with van der Waals surface area (Å²) in [5.41, 5.74) is 1.42. The minimum atomic E-state index is 0.605. The molecule has 0 amide bonds. The van der Waals surface area contributed by atoms with Crippen LogP contribution in [-0.2, 0) is 13.0 Å². The molecule has 2 heterocycles. The summed E-state index contributed by atoms with van der Waals surface area (Å²) in [4.78, 5) is 0. The zero-order chi connectivity index (χ0) is 9.42. The van der Waals surface area contributed by atoms with Crippen LogP contribution in [0, 0.1) is 6.92 Å². The molecule has 1 aromatic heterocycles. The summed E-state index contributed by atoms with van der Waals surface area (Å²) >= 11 is 0. The molecule has 2 nitrogen and oxygen atoms in total. The zero-order valence-corrected chi connectivity index (χ0v) is 8.88. The molecule has 1 aliphatic rings. The van der Waals surface area contributed by atoms with E-state index in [-0.39, 0.29) is 0 Å². The highest BCUT2D eigenvalue weighted by molar-refractivity contribution is 4.99. The van der Waals surface area contributed by atoms with E-state index < -0.39 is 0 Å². The summed E-state index contributed by atoms with van der Waals surface area (Å²) in [5, 5.41) is 0. The first-order chi connectivity index (χ1) is 6.20. The van der Waals surface area contributed by atoms with E-state index in [0.717, 1.165) is 0 Å². The van der Waals surface area contributed by atoms with Crippen molar-refractivity contribution in [2.75, 3.05) is 0 Å². The second-order valence-electron chi connectivity index (χ2n) is 4.30. The molecule has 72 valence electrons. The maximum absolute atomic E-state index is 2.48. The van der Waals surface area contributed by atoms with E-state index in [4.69, 9.17) is 0 Å². The third-order valence-electron chi connectivity index (χ3n) is 2.95. The SMILES string of the molecule is Cc1c[n+](C(C)C)c2n1CCCC2. The fourth-order valence-electron chi connectivity index (χ4n) is 2.26. The lowest BCUT2D eigenvalue weighted by atomic mass is 10.1. The number of imidazole rings is 1. The largest absolute Gasteiger partial charge is 0.256 e. The van der Waals surface area contributed by atoms with E-state index in [0.29, 0.717) is 6.04 Å². The van der Waals surface area contributed by atoms with Gasteiger partial charge >= 0.3 is 0 Å². The average Bonchev–Trinajstić information content (AvgIpc) is 2.45. The lowest BCUT2D eigenvalue weighted by molar-refractivity contribution is -0.723. The van der Waals surface area contributed by atoms with Gasteiger partial charge in [-0.2, -0.15) is 0 Å². The first kappa shape index (κ1) is 8.79. The molecule has 0 spiro atoms. The van der Waals surface area contributed by atoms with Crippen LogP contribution in [0.4, 0.5) is 0 Å². The molecule has 13 heavy (non-hydrogen) atoms. The molecule has 0 aliphatic carbocycles. The number of hydrogen-bond acceptors (Lipinski definition) is 0. The van der Waals surface area contributed by atoms with Crippen LogP contribution in [0.1, 0.15) is 44.2 Å². The molecule has 0 fully saturated rings. The quantitative estimate of drug-likeness (QED) is 0.583. The third kappa shape index (κ3) is 1.38. The average molecular weight is 179 g/mol. The van der Waals surface area contributed by atoms with E-state index in [1.165, 1.54) is 37.3 Å². The Morgan fingerprint density at radius 2 is 2.15 bits per heavy atom. The number of rotatable bonds is 1. The molecule has 0 saturated carbocycles. The van der Waals surface area contributed by atoms with Crippen molar-refractivity contribution >= 4 is 0 Å². The predicted molar refractivity (Wildman–Crippen MR) is 52.7 cm³/mol. The molecule has 0 atom stereocenters. The Morgan fingerprint density at radius 1 is 1.38 bits per heavy atom. The van der Waals surface area contributed by atoms with Gasteiger partial charge in [0.15, 0.2) is 0 Å². The van der Waals surface area contributed by atoms with Gasteiger partial charge in [-0.25, -0.2) is 9.13 Å². The second-order valence-corrected chi connectivity index (χ2v) is 4.30. The van der Waals surface area contributed by atoms with Crippen LogP contribution in [0.25, 0.3) is 0 Å². The van der Waals surface area contributed by atoms with E-state index in [1.807, 2.05) is 0 Å². The highest BCUT2D eigenvalue weighted by Gasteiger charge is 2.24. The smallest absolute Gasteiger partial charge is 0.232 e. The van der Waals surface area contributed by atoms with Crippen LogP contribution in [0.15, 0.2) is 6.20 Å². The molecule has 0 radical (unpaired) electrons. The summed E-state index contributed by atoms with van der Waals surface area (Å²) in [7, 11) is 0. The van der Waals surface area contributed by atoms with Crippen molar-refractivity contribution in [2.24, 2.45) is 0 Å². The van der Waals surface area contributed by atoms with Crippen LogP contribution in [-0.4, -0.2) is 4.57 Å². The highest BCUT2D eigenvalue weighted by Crippen LogP contribution is 2.15. The lowest BCUT2D eigenvalue weighted by Crippen LogP contribution is -2.40. The molecule has 0 bridgehead atoms. The summed E-state index contributed by atoms with van der Waals surface area (Å²) in [6.07, 6.45) is 6.26. The molecule has 1 aromatic rings. The Kier molecular flexibility index (Phi) is 2.14. The Hall–Kier alpha value is -0.790. The molecule has 0 aromatic carbocycles. The van der Waals surface area contributed by atoms with Crippen molar-refractivity contribution in [1.82, 2.24) is 4.57 Å². The number of aryl methyl sites for hydroxylation is 1. The van der Waals surface area contributed by atoms with Crippen LogP contribution in [0.5, 0.6) is 0 Å². The molecule has 2 heteroatoms. The normalized spacial score (nSPS) is 16.3. The molecule has 2 rings (SSSR count). The van der Waals surface area contributed by atoms with E-state index in [1.54, 1.807) is 0 Å². The van der Waals surface area contributed by atoms with Gasteiger partial charge in [-0.05, 0) is 26.7 Å².